The standard InChI is InChI=1S/C20H28N4O/c1-23-16-14-21-19(23)11-10-18-9-5-6-15-24(18)20(25)22-13-12-17-7-3-2-4-8-17/h2-4,7-8,14,16,18H,5-6,9-13,15H2,1H3,(H,22,25)/t18-/m0/s1. The molecule has 0 aliphatic carbocycles. The van der Waals surface area contributed by atoms with E-state index in [1.165, 1.54) is 12.0 Å². The molecule has 1 saturated heterocycles. The Bertz CT molecular complexity index is 667. The van der Waals surface area contributed by atoms with Gasteiger partial charge < -0.3 is 14.8 Å². The number of rotatable bonds is 6. The topological polar surface area (TPSA) is 50.2 Å². The Balaban J connectivity index is 1.49. The molecule has 1 N–H and O–H groups in total. The van der Waals surface area contributed by atoms with Crippen molar-refractivity contribution in [2.24, 2.45) is 7.05 Å². The van der Waals surface area contributed by atoms with E-state index in [9.17, 15) is 4.79 Å². The fraction of sp³-hybridized carbons (Fsp3) is 0.500. The molecule has 2 heterocycles. The van der Waals surface area contributed by atoms with E-state index in [0.29, 0.717) is 12.6 Å². The van der Waals surface area contributed by atoms with Crippen LogP contribution in [0.3, 0.4) is 0 Å². The summed E-state index contributed by atoms with van der Waals surface area (Å²) in [4.78, 5) is 19.1. The highest BCUT2D eigenvalue weighted by atomic mass is 16.2. The lowest BCUT2D eigenvalue weighted by atomic mass is 9.98. The molecule has 1 fully saturated rings. The molecule has 5 nitrogen and oxygen atoms in total. The van der Waals surface area contributed by atoms with Crippen molar-refractivity contribution < 1.29 is 4.79 Å². The van der Waals surface area contributed by atoms with Crippen molar-refractivity contribution in [3.8, 4) is 0 Å². The van der Waals surface area contributed by atoms with Gasteiger partial charge in [-0.25, -0.2) is 9.78 Å². The number of piperidine rings is 1. The first kappa shape index (κ1) is 17.5. The number of aryl methyl sites for hydroxylation is 2. The second-order valence-corrected chi connectivity index (χ2v) is 6.80. The molecule has 2 aromatic rings. The first-order chi connectivity index (χ1) is 12.2. The molecule has 25 heavy (non-hydrogen) atoms. The Morgan fingerprint density at radius 3 is 2.84 bits per heavy atom. The zero-order valence-corrected chi connectivity index (χ0v) is 15.0. The van der Waals surface area contributed by atoms with Crippen LogP contribution in [-0.2, 0) is 19.9 Å². The van der Waals surface area contributed by atoms with Crippen LogP contribution in [-0.4, -0.2) is 39.6 Å². The van der Waals surface area contributed by atoms with E-state index in [1.807, 2.05) is 42.5 Å². The van der Waals surface area contributed by atoms with Crippen LogP contribution in [0.2, 0.25) is 0 Å². The average molecular weight is 340 g/mol. The van der Waals surface area contributed by atoms with Gasteiger partial charge in [0.25, 0.3) is 0 Å². The van der Waals surface area contributed by atoms with Crippen molar-refractivity contribution in [2.45, 2.75) is 44.6 Å². The highest BCUT2D eigenvalue weighted by molar-refractivity contribution is 5.74. The summed E-state index contributed by atoms with van der Waals surface area (Å²) in [7, 11) is 2.03. The lowest BCUT2D eigenvalue weighted by Crippen LogP contribution is -2.49. The second kappa shape index (κ2) is 8.70. The third-order valence-electron chi connectivity index (χ3n) is 5.04. The number of likely N-dealkylation sites (tertiary alicyclic amines) is 1. The third kappa shape index (κ3) is 4.84. The van der Waals surface area contributed by atoms with E-state index in [2.05, 4.69) is 27.0 Å². The van der Waals surface area contributed by atoms with E-state index in [-0.39, 0.29) is 6.03 Å². The summed E-state index contributed by atoms with van der Waals surface area (Å²) in [5.74, 6) is 1.09. The molecule has 0 bridgehead atoms. The predicted octanol–water partition coefficient (Wildman–Crippen LogP) is 3.16. The average Bonchev–Trinajstić information content (AvgIpc) is 3.06. The quantitative estimate of drug-likeness (QED) is 0.878. The number of carbonyl (C=O) groups is 1. The number of hydrogen-bond acceptors (Lipinski definition) is 2. The van der Waals surface area contributed by atoms with E-state index < -0.39 is 0 Å². The zero-order chi connectivity index (χ0) is 17.5. The van der Waals surface area contributed by atoms with Crippen molar-refractivity contribution in [3.63, 3.8) is 0 Å². The number of imidazole rings is 1. The molecule has 2 amide bonds. The maximum Gasteiger partial charge on any atom is 0.317 e. The summed E-state index contributed by atoms with van der Waals surface area (Å²) < 4.78 is 2.06. The molecule has 3 rings (SSSR count). The van der Waals surface area contributed by atoms with E-state index in [0.717, 1.165) is 44.5 Å². The first-order valence-corrected chi connectivity index (χ1v) is 9.28. The molecule has 1 aliphatic heterocycles. The smallest absolute Gasteiger partial charge is 0.317 e. The number of benzene rings is 1. The van der Waals surface area contributed by atoms with Crippen LogP contribution in [0.15, 0.2) is 42.7 Å². The van der Waals surface area contributed by atoms with Crippen molar-refractivity contribution in [3.05, 3.63) is 54.1 Å². The van der Waals surface area contributed by atoms with Crippen molar-refractivity contribution in [1.29, 1.82) is 0 Å². The van der Waals surface area contributed by atoms with Crippen molar-refractivity contribution in [1.82, 2.24) is 19.8 Å². The zero-order valence-electron chi connectivity index (χ0n) is 15.0. The predicted molar refractivity (Wildman–Crippen MR) is 99.4 cm³/mol. The maximum absolute atomic E-state index is 12.6. The maximum atomic E-state index is 12.6. The summed E-state index contributed by atoms with van der Waals surface area (Å²) in [5, 5.41) is 3.10. The SMILES string of the molecule is Cn1ccnc1CC[C@@H]1CCCCN1C(=O)NCCc1ccccc1. The Labute approximate surface area is 150 Å². The summed E-state index contributed by atoms with van der Waals surface area (Å²) >= 11 is 0. The Morgan fingerprint density at radius 2 is 2.08 bits per heavy atom. The second-order valence-electron chi connectivity index (χ2n) is 6.80. The molecule has 1 aromatic heterocycles. The van der Waals surface area contributed by atoms with Crippen LogP contribution in [0.1, 0.15) is 37.1 Å². The normalized spacial score (nSPS) is 17.5. The van der Waals surface area contributed by atoms with Gasteiger partial charge in [0.1, 0.15) is 5.82 Å². The van der Waals surface area contributed by atoms with Gasteiger partial charge in [-0.1, -0.05) is 30.3 Å². The molecule has 1 aromatic carbocycles. The first-order valence-electron chi connectivity index (χ1n) is 9.28. The summed E-state index contributed by atoms with van der Waals surface area (Å²) in [5.41, 5.74) is 1.26. The molecule has 134 valence electrons. The van der Waals surface area contributed by atoms with Crippen LogP contribution < -0.4 is 5.32 Å². The number of nitrogens with zero attached hydrogens (tertiary/aromatic N) is 3. The van der Waals surface area contributed by atoms with Crippen LogP contribution in [0.25, 0.3) is 0 Å². The van der Waals surface area contributed by atoms with Gasteiger partial charge in [0.2, 0.25) is 0 Å². The largest absolute Gasteiger partial charge is 0.338 e. The number of hydrogen-bond donors (Lipinski definition) is 1. The van der Waals surface area contributed by atoms with Crippen LogP contribution >= 0.6 is 0 Å². The minimum absolute atomic E-state index is 0.0838. The van der Waals surface area contributed by atoms with Crippen LogP contribution in [0.4, 0.5) is 4.79 Å². The lowest BCUT2D eigenvalue weighted by Gasteiger charge is -2.35. The fourth-order valence-corrected chi connectivity index (χ4v) is 3.56. The third-order valence-corrected chi connectivity index (χ3v) is 5.04. The fourth-order valence-electron chi connectivity index (χ4n) is 3.56. The molecule has 5 heteroatoms. The minimum Gasteiger partial charge on any atom is -0.338 e. The summed E-state index contributed by atoms with van der Waals surface area (Å²) in [6.45, 7) is 1.55. The molecule has 0 spiro atoms. The number of aromatic nitrogens is 2. The number of urea groups is 1. The highest BCUT2D eigenvalue weighted by Gasteiger charge is 2.26. The van der Waals surface area contributed by atoms with Gasteiger partial charge in [0, 0.05) is 45.0 Å². The Kier molecular flexibility index (Phi) is 6.09. The number of nitrogens with one attached hydrogen (secondary N) is 1. The number of carbonyl (C=O) groups excluding carboxylic acids is 1. The van der Waals surface area contributed by atoms with E-state index >= 15 is 0 Å². The summed E-state index contributed by atoms with van der Waals surface area (Å²) in [6, 6.07) is 10.7. The van der Waals surface area contributed by atoms with Crippen LogP contribution in [0.5, 0.6) is 0 Å². The molecule has 1 aliphatic rings. The molecule has 0 saturated carbocycles. The van der Waals surface area contributed by atoms with Crippen LogP contribution in [0, 0.1) is 0 Å². The molecule has 0 radical (unpaired) electrons. The minimum atomic E-state index is 0.0838. The Hall–Kier alpha value is -2.30. The molecule has 1 atom stereocenters. The van der Waals surface area contributed by atoms with E-state index in [4.69, 9.17) is 0 Å². The van der Waals surface area contributed by atoms with Gasteiger partial charge in [0.05, 0.1) is 0 Å². The van der Waals surface area contributed by atoms with Gasteiger partial charge in [-0.05, 0) is 37.7 Å². The van der Waals surface area contributed by atoms with Gasteiger partial charge in [-0.3, -0.25) is 0 Å². The Morgan fingerprint density at radius 1 is 1.24 bits per heavy atom. The van der Waals surface area contributed by atoms with Gasteiger partial charge in [0.15, 0.2) is 0 Å². The summed E-state index contributed by atoms with van der Waals surface area (Å²) in [6.07, 6.45) is 9.99. The van der Waals surface area contributed by atoms with Gasteiger partial charge in [-0.2, -0.15) is 0 Å². The number of amides is 2. The highest BCUT2D eigenvalue weighted by Crippen LogP contribution is 2.21. The molecular formula is C20H28N4O. The lowest BCUT2D eigenvalue weighted by molar-refractivity contribution is 0.146. The van der Waals surface area contributed by atoms with Gasteiger partial charge >= 0.3 is 6.03 Å². The van der Waals surface area contributed by atoms with Crippen molar-refractivity contribution >= 4 is 6.03 Å². The van der Waals surface area contributed by atoms with E-state index in [1.54, 1.807) is 0 Å². The molecule has 0 unspecified atom stereocenters. The molecular weight excluding hydrogens is 312 g/mol. The monoisotopic (exact) mass is 340 g/mol. The van der Waals surface area contributed by atoms with Crippen molar-refractivity contribution in [2.75, 3.05) is 13.1 Å². The van der Waals surface area contributed by atoms with Gasteiger partial charge in [-0.15, -0.1) is 0 Å².